The maximum absolute atomic E-state index is 5.88. The average molecular weight is 274 g/mol. The van der Waals surface area contributed by atoms with Crippen LogP contribution in [0.25, 0.3) is 5.65 Å². The highest BCUT2D eigenvalue weighted by Gasteiger charge is 2.10. The summed E-state index contributed by atoms with van der Waals surface area (Å²) in [5.74, 6) is 1.57. The second-order valence-electron chi connectivity index (χ2n) is 4.18. The second-order valence-corrected chi connectivity index (χ2v) is 4.62. The summed E-state index contributed by atoms with van der Waals surface area (Å²) < 4.78 is 7.26. The number of rotatable bonds is 3. The van der Waals surface area contributed by atoms with Crippen molar-refractivity contribution < 1.29 is 4.74 Å². The number of hydrogen-bond donors (Lipinski definition) is 0. The number of nitrogens with zero attached hydrogens (tertiary/aromatic N) is 3. The Morgan fingerprint density at radius 2 is 1.89 bits per heavy atom. The molecule has 0 atom stereocenters. The summed E-state index contributed by atoms with van der Waals surface area (Å²) in [6.07, 6.45) is 0.679. The van der Waals surface area contributed by atoms with Crippen molar-refractivity contribution in [3.8, 4) is 5.88 Å². The summed E-state index contributed by atoms with van der Waals surface area (Å²) in [6, 6.07) is 13.4. The fraction of sp³-hybridized carbons (Fsp3) is 0.143. The fourth-order valence-corrected chi connectivity index (χ4v) is 2.15. The van der Waals surface area contributed by atoms with E-state index in [0.717, 1.165) is 27.9 Å². The highest BCUT2D eigenvalue weighted by Crippen LogP contribution is 2.18. The minimum atomic E-state index is 0.679. The first-order valence-electron chi connectivity index (χ1n) is 5.89. The molecule has 4 nitrogen and oxygen atoms in total. The molecule has 0 aliphatic heterocycles. The third-order valence-corrected chi connectivity index (χ3v) is 3.20. The molecule has 3 rings (SSSR count). The third-order valence-electron chi connectivity index (χ3n) is 2.94. The predicted molar refractivity (Wildman–Crippen MR) is 73.8 cm³/mol. The Balaban J connectivity index is 2.03. The van der Waals surface area contributed by atoms with Crippen molar-refractivity contribution in [1.82, 2.24) is 14.6 Å². The number of aromatic nitrogens is 3. The van der Waals surface area contributed by atoms with E-state index in [9.17, 15) is 0 Å². The summed E-state index contributed by atoms with van der Waals surface area (Å²) in [5, 5.41) is 9.10. The van der Waals surface area contributed by atoms with Gasteiger partial charge in [-0.15, -0.1) is 10.2 Å². The van der Waals surface area contributed by atoms with Crippen LogP contribution in [-0.2, 0) is 6.42 Å². The number of halogens is 1. The molecule has 96 valence electrons. The topological polar surface area (TPSA) is 39.4 Å². The average Bonchev–Trinajstić information content (AvgIpc) is 2.85. The number of methoxy groups -OCH3 is 1. The van der Waals surface area contributed by atoms with Gasteiger partial charge in [-0.3, -0.25) is 0 Å². The maximum Gasteiger partial charge on any atom is 0.200 e. The second kappa shape index (κ2) is 4.90. The van der Waals surface area contributed by atoms with E-state index in [-0.39, 0.29) is 0 Å². The van der Waals surface area contributed by atoms with E-state index in [2.05, 4.69) is 10.2 Å². The van der Waals surface area contributed by atoms with Gasteiger partial charge in [0.1, 0.15) is 5.82 Å². The molecule has 0 aliphatic rings. The van der Waals surface area contributed by atoms with Crippen LogP contribution in [0.3, 0.4) is 0 Å². The van der Waals surface area contributed by atoms with Gasteiger partial charge in [-0.05, 0) is 29.8 Å². The summed E-state index contributed by atoms with van der Waals surface area (Å²) in [5.41, 5.74) is 1.91. The highest BCUT2D eigenvalue weighted by atomic mass is 35.5. The Morgan fingerprint density at radius 3 is 2.63 bits per heavy atom. The van der Waals surface area contributed by atoms with Crippen LogP contribution in [0.15, 0.2) is 42.5 Å². The monoisotopic (exact) mass is 273 g/mol. The van der Waals surface area contributed by atoms with E-state index in [1.807, 2.05) is 46.9 Å². The number of benzene rings is 1. The highest BCUT2D eigenvalue weighted by molar-refractivity contribution is 6.30. The Kier molecular flexibility index (Phi) is 3.09. The Morgan fingerprint density at radius 1 is 1.11 bits per heavy atom. The molecule has 19 heavy (non-hydrogen) atoms. The predicted octanol–water partition coefficient (Wildman–Crippen LogP) is 2.98. The van der Waals surface area contributed by atoms with Gasteiger partial charge >= 0.3 is 0 Å². The Labute approximate surface area is 115 Å². The smallest absolute Gasteiger partial charge is 0.200 e. The van der Waals surface area contributed by atoms with Crippen LogP contribution in [-0.4, -0.2) is 21.7 Å². The first-order chi connectivity index (χ1) is 9.28. The third kappa shape index (κ3) is 2.27. The molecule has 3 aromatic rings. The van der Waals surface area contributed by atoms with Crippen LogP contribution >= 0.6 is 11.6 Å². The molecule has 0 spiro atoms. The largest absolute Gasteiger partial charge is 0.482 e. The van der Waals surface area contributed by atoms with Crippen LogP contribution < -0.4 is 4.74 Å². The fourth-order valence-electron chi connectivity index (χ4n) is 2.03. The minimum absolute atomic E-state index is 0.679. The summed E-state index contributed by atoms with van der Waals surface area (Å²) in [7, 11) is 1.64. The van der Waals surface area contributed by atoms with Crippen molar-refractivity contribution in [2.24, 2.45) is 0 Å². The van der Waals surface area contributed by atoms with E-state index < -0.39 is 0 Å². The molecule has 0 saturated heterocycles. The SMILES string of the molecule is COc1cccc2nnc(Cc3ccc(Cl)cc3)n12. The van der Waals surface area contributed by atoms with Crippen molar-refractivity contribution in [2.45, 2.75) is 6.42 Å². The molecular formula is C14H12ClN3O. The van der Waals surface area contributed by atoms with Gasteiger partial charge in [0, 0.05) is 11.4 Å². The van der Waals surface area contributed by atoms with E-state index >= 15 is 0 Å². The zero-order chi connectivity index (χ0) is 13.2. The molecule has 0 unspecified atom stereocenters. The maximum atomic E-state index is 5.88. The van der Waals surface area contributed by atoms with Gasteiger partial charge < -0.3 is 4.74 Å². The van der Waals surface area contributed by atoms with Gasteiger partial charge in [0.15, 0.2) is 5.65 Å². The molecule has 0 aliphatic carbocycles. The van der Waals surface area contributed by atoms with Crippen LogP contribution in [0, 0.1) is 0 Å². The molecule has 0 bridgehead atoms. The van der Waals surface area contributed by atoms with Crippen LogP contribution in [0.2, 0.25) is 5.02 Å². The van der Waals surface area contributed by atoms with Gasteiger partial charge in [-0.2, -0.15) is 0 Å². The molecule has 0 amide bonds. The van der Waals surface area contributed by atoms with Crippen LogP contribution in [0.1, 0.15) is 11.4 Å². The molecule has 0 N–H and O–H groups in total. The first kappa shape index (κ1) is 12.0. The van der Waals surface area contributed by atoms with Crippen molar-refractivity contribution in [2.75, 3.05) is 7.11 Å². The van der Waals surface area contributed by atoms with Gasteiger partial charge in [-0.1, -0.05) is 29.8 Å². The quantitative estimate of drug-likeness (QED) is 0.736. The minimum Gasteiger partial charge on any atom is -0.482 e. The molecule has 1 aromatic carbocycles. The molecule has 0 radical (unpaired) electrons. The van der Waals surface area contributed by atoms with E-state index in [0.29, 0.717) is 6.42 Å². The standard InChI is InChI=1S/C14H12ClN3O/c1-19-14-4-2-3-12-16-17-13(18(12)14)9-10-5-7-11(15)8-6-10/h2-8H,9H2,1H3. The van der Waals surface area contributed by atoms with E-state index in [1.54, 1.807) is 7.11 Å². The zero-order valence-electron chi connectivity index (χ0n) is 10.4. The molecule has 0 fully saturated rings. The summed E-state index contributed by atoms with van der Waals surface area (Å²) >= 11 is 5.88. The van der Waals surface area contributed by atoms with Crippen LogP contribution in [0.5, 0.6) is 5.88 Å². The lowest BCUT2D eigenvalue weighted by molar-refractivity contribution is 0.390. The Hall–Kier alpha value is -2.07. The summed E-state index contributed by atoms with van der Waals surface area (Å²) in [6.45, 7) is 0. The van der Waals surface area contributed by atoms with Crippen LogP contribution in [0.4, 0.5) is 0 Å². The van der Waals surface area contributed by atoms with Crippen molar-refractivity contribution >= 4 is 17.2 Å². The van der Waals surface area contributed by atoms with Gasteiger partial charge in [-0.25, -0.2) is 4.40 Å². The normalized spacial score (nSPS) is 10.8. The lowest BCUT2D eigenvalue weighted by Gasteiger charge is -2.06. The molecule has 2 aromatic heterocycles. The summed E-state index contributed by atoms with van der Waals surface area (Å²) in [4.78, 5) is 0. The number of fused-ring (bicyclic) bond motifs is 1. The zero-order valence-corrected chi connectivity index (χ0v) is 11.1. The first-order valence-corrected chi connectivity index (χ1v) is 6.27. The number of pyridine rings is 1. The van der Waals surface area contributed by atoms with E-state index in [4.69, 9.17) is 16.3 Å². The lowest BCUT2D eigenvalue weighted by atomic mass is 10.1. The van der Waals surface area contributed by atoms with Gasteiger partial charge in [0.2, 0.25) is 5.88 Å². The lowest BCUT2D eigenvalue weighted by Crippen LogP contribution is -2.00. The van der Waals surface area contributed by atoms with Gasteiger partial charge in [0.25, 0.3) is 0 Å². The molecule has 0 saturated carbocycles. The van der Waals surface area contributed by atoms with Crippen molar-refractivity contribution in [3.05, 3.63) is 58.9 Å². The van der Waals surface area contributed by atoms with Gasteiger partial charge in [0.05, 0.1) is 7.11 Å². The Bertz CT molecular complexity index is 706. The molecular weight excluding hydrogens is 262 g/mol. The van der Waals surface area contributed by atoms with Crippen molar-refractivity contribution in [1.29, 1.82) is 0 Å². The molecule has 5 heteroatoms. The number of ether oxygens (including phenoxy) is 1. The van der Waals surface area contributed by atoms with Crippen molar-refractivity contribution in [3.63, 3.8) is 0 Å². The number of hydrogen-bond acceptors (Lipinski definition) is 3. The van der Waals surface area contributed by atoms with E-state index in [1.165, 1.54) is 0 Å². The molecule has 2 heterocycles.